The summed E-state index contributed by atoms with van der Waals surface area (Å²) in [5, 5.41) is 10.2. The molecule has 1 aromatic heterocycles. The van der Waals surface area contributed by atoms with Crippen molar-refractivity contribution in [3.8, 4) is 0 Å². The lowest BCUT2D eigenvalue weighted by Crippen LogP contribution is -2.05. The van der Waals surface area contributed by atoms with Gasteiger partial charge in [0.25, 0.3) is 0 Å². The van der Waals surface area contributed by atoms with E-state index in [2.05, 4.69) is 11.9 Å². The maximum atomic E-state index is 10.2. The van der Waals surface area contributed by atoms with E-state index in [1.807, 2.05) is 36.4 Å². The Morgan fingerprint density at radius 3 is 2.63 bits per heavy atom. The molecule has 2 rings (SSSR count). The van der Waals surface area contributed by atoms with Crippen molar-refractivity contribution >= 4 is 17.6 Å². The van der Waals surface area contributed by atoms with Crippen LogP contribution in [0.2, 0.25) is 0 Å². The van der Waals surface area contributed by atoms with Crippen LogP contribution in [0.4, 0.5) is 5.82 Å². The lowest BCUT2D eigenvalue weighted by Gasteiger charge is -2.12. The van der Waals surface area contributed by atoms with Gasteiger partial charge in [-0.05, 0) is 35.1 Å². The van der Waals surface area contributed by atoms with Crippen molar-refractivity contribution in [2.24, 2.45) is 0 Å². The van der Waals surface area contributed by atoms with Crippen LogP contribution in [0.25, 0.3) is 0 Å². The number of nitrogen functional groups attached to an aromatic ring is 1. The zero-order chi connectivity index (χ0) is 13.7. The highest BCUT2D eigenvalue weighted by Crippen LogP contribution is 2.24. The predicted molar refractivity (Wildman–Crippen MR) is 80.2 cm³/mol. The van der Waals surface area contributed by atoms with Crippen molar-refractivity contribution in [3.63, 3.8) is 0 Å². The van der Waals surface area contributed by atoms with Crippen LogP contribution in [0.5, 0.6) is 0 Å². The molecule has 4 heteroatoms. The Hall–Kier alpha value is -1.52. The molecule has 1 atom stereocenters. The third kappa shape index (κ3) is 3.72. The van der Waals surface area contributed by atoms with E-state index in [1.54, 1.807) is 18.0 Å². The number of nitrogens with zero attached hydrogens (tertiary/aromatic N) is 1. The van der Waals surface area contributed by atoms with E-state index in [4.69, 9.17) is 5.73 Å². The highest BCUT2D eigenvalue weighted by Gasteiger charge is 2.10. The number of thioether (sulfide) groups is 1. The van der Waals surface area contributed by atoms with Crippen molar-refractivity contribution in [2.75, 3.05) is 11.5 Å². The van der Waals surface area contributed by atoms with Gasteiger partial charge in [0.05, 0.1) is 6.10 Å². The summed E-state index contributed by atoms with van der Waals surface area (Å²) >= 11 is 1.79. The maximum absolute atomic E-state index is 10.2. The first-order chi connectivity index (χ1) is 9.20. The number of aliphatic hydroxyl groups excluding tert-OH is 1. The molecular formula is C15H18N2OS. The molecule has 19 heavy (non-hydrogen) atoms. The van der Waals surface area contributed by atoms with Crippen LogP contribution in [0.1, 0.15) is 24.2 Å². The quantitative estimate of drug-likeness (QED) is 0.823. The monoisotopic (exact) mass is 274 g/mol. The Bertz CT molecular complexity index is 528. The Morgan fingerprint density at radius 2 is 2.00 bits per heavy atom. The molecule has 0 amide bonds. The number of nitrogens with two attached hydrogens (primary N) is 1. The van der Waals surface area contributed by atoms with Crippen LogP contribution < -0.4 is 5.73 Å². The molecule has 0 radical (unpaired) electrons. The second-order valence-electron chi connectivity index (χ2n) is 4.27. The Morgan fingerprint density at radius 1 is 1.26 bits per heavy atom. The van der Waals surface area contributed by atoms with Gasteiger partial charge in [0.2, 0.25) is 0 Å². The fourth-order valence-electron chi connectivity index (χ4n) is 1.90. The molecule has 0 aliphatic heterocycles. The minimum Gasteiger partial charge on any atom is -0.388 e. The third-order valence-corrected chi connectivity index (χ3v) is 3.81. The molecule has 1 aromatic carbocycles. The summed E-state index contributed by atoms with van der Waals surface area (Å²) in [6, 6.07) is 11.7. The molecule has 0 saturated carbocycles. The summed E-state index contributed by atoms with van der Waals surface area (Å²) in [6.45, 7) is 2.12. The SMILES string of the molecule is CCSc1ccc(C(O)Cc2cccnc2N)cc1. The molecule has 100 valence electrons. The molecule has 0 saturated heterocycles. The van der Waals surface area contributed by atoms with Gasteiger partial charge < -0.3 is 10.8 Å². The first-order valence-corrected chi connectivity index (χ1v) is 7.29. The highest BCUT2D eigenvalue weighted by atomic mass is 32.2. The van der Waals surface area contributed by atoms with E-state index in [0.717, 1.165) is 16.9 Å². The van der Waals surface area contributed by atoms with Crippen LogP contribution in [0, 0.1) is 0 Å². The first-order valence-electron chi connectivity index (χ1n) is 6.31. The van der Waals surface area contributed by atoms with E-state index in [0.29, 0.717) is 12.2 Å². The third-order valence-electron chi connectivity index (χ3n) is 2.92. The van der Waals surface area contributed by atoms with Crippen molar-refractivity contribution < 1.29 is 5.11 Å². The number of aromatic nitrogens is 1. The zero-order valence-electron chi connectivity index (χ0n) is 10.9. The Labute approximate surface area is 117 Å². The van der Waals surface area contributed by atoms with Crippen molar-refractivity contribution in [2.45, 2.75) is 24.3 Å². The molecule has 2 aromatic rings. The molecule has 1 unspecified atom stereocenters. The number of rotatable bonds is 5. The van der Waals surface area contributed by atoms with Crippen molar-refractivity contribution in [3.05, 3.63) is 53.7 Å². The highest BCUT2D eigenvalue weighted by molar-refractivity contribution is 7.99. The molecule has 3 nitrogen and oxygen atoms in total. The minimum atomic E-state index is -0.549. The van der Waals surface area contributed by atoms with Gasteiger partial charge in [-0.3, -0.25) is 0 Å². The van der Waals surface area contributed by atoms with Crippen LogP contribution >= 0.6 is 11.8 Å². The zero-order valence-corrected chi connectivity index (χ0v) is 11.7. The summed E-state index contributed by atoms with van der Waals surface area (Å²) in [7, 11) is 0. The number of aliphatic hydroxyl groups is 1. The first kappa shape index (κ1) is 13.9. The van der Waals surface area contributed by atoms with Gasteiger partial charge in [-0.25, -0.2) is 4.98 Å². The molecule has 0 fully saturated rings. The summed E-state index contributed by atoms with van der Waals surface area (Å²) < 4.78 is 0. The fraction of sp³-hybridized carbons (Fsp3) is 0.267. The van der Waals surface area contributed by atoms with Crippen LogP contribution in [0.3, 0.4) is 0 Å². The molecule has 0 spiro atoms. The van der Waals surface area contributed by atoms with Crippen LogP contribution in [0.15, 0.2) is 47.5 Å². The van der Waals surface area contributed by atoms with Gasteiger partial charge in [0.1, 0.15) is 5.82 Å². The summed E-state index contributed by atoms with van der Waals surface area (Å²) in [5.41, 5.74) is 7.57. The lowest BCUT2D eigenvalue weighted by molar-refractivity contribution is 0.178. The normalized spacial score (nSPS) is 12.3. The average molecular weight is 274 g/mol. The second-order valence-corrected chi connectivity index (χ2v) is 5.61. The van der Waals surface area contributed by atoms with Crippen LogP contribution in [-0.2, 0) is 6.42 Å². The van der Waals surface area contributed by atoms with Gasteiger partial charge >= 0.3 is 0 Å². The minimum absolute atomic E-state index is 0.486. The van der Waals surface area contributed by atoms with Gasteiger partial charge in [0, 0.05) is 17.5 Å². The predicted octanol–water partition coefficient (Wildman–Crippen LogP) is 3.05. The molecule has 0 bridgehead atoms. The molecular weight excluding hydrogens is 256 g/mol. The van der Waals surface area contributed by atoms with Gasteiger partial charge in [0.15, 0.2) is 0 Å². The van der Waals surface area contributed by atoms with E-state index in [1.165, 1.54) is 4.90 Å². The number of pyridine rings is 1. The van der Waals surface area contributed by atoms with E-state index in [-0.39, 0.29) is 0 Å². The smallest absolute Gasteiger partial charge is 0.126 e. The second kappa shape index (κ2) is 6.59. The number of anilines is 1. The molecule has 1 heterocycles. The van der Waals surface area contributed by atoms with Gasteiger partial charge in [-0.2, -0.15) is 0 Å². The molecule has 3 N–H and O–H groups in total. The number of benzene rings is 1. The van der Waals surface area contributed by atoms with Gasteiger partial charge in [-0.15, -0.1) is 11.8 Å². The van der Waals surface area contributed by atoms with Crippen LogP contribution in [-0.4, -0.2) is 15.8 Å². The van der Waals surface area contributed by atoms with Gasteiger partial charge in [-0.1, -0.05) is 25.1 Å². The summed E-state index contributed by atoms with van der Waals surface area (Å²) in [6.07, 6.45) is 1.59. The average Bonchev–Trinajstić information content (AvgIpc) is 2.42. The van der Waals surface area contributed by atoms with Crippen molar-refractivity contribution in [1.29, 1.82) is 0 Å². The maximum Gasteiger partial charge on any atom is 0.126 e. The Balaban J connectivity index is 2.07. The summed E-state index contributed by atoms with van der Waals surface area (Å²) in [4.78, 5) is 5.25. The summed E-state index contributed by atoms with van der Waals surface area (Å²) in [5.74, 6) is 1.54. The molecule has 0 aliphatic carbocycles. The molecule has 0 aliphatic rings. The van der Waals surface area contributed by atoms with Crippen molar-refractivity contribution in [1.82, 2.24) is 4.98 Å². The lowest BCUT2D eigenvalue weighted by atomic mass is 10.0. The number of hydrogen-bond donors (Lipinski definition) is 2. The largest absolute Gasteiger partial charge is 0.388 e. The van der Waals surface area contributed by atoms with E-state index in [9.17, 15) is 5.11 Å². The Kier molecular flexibility index (Phi) is 4.82. The van der Waals surface area contributed by atoms with E-state index < -0.39 is 6.10 Å². The fourth-order valence-corrected chi connectivity index (χ4v) is 2.56. The van der Waals surface area contributed by atoms with E-state index >= 15 is 0 Å². The number of hydrogen-bond acceptors (Lipinski definition) is 4. The standard InChI is InChI=1S/C15H18N2OS/c1-2-19-13-7-5-11(6-8-13)14(18)10-12-4-3-9-17-15(12)16/h3-9,14,18H,2,10H2,1H3,(H2,16,17). The topological polar surface area (TPSA) is 59.1 Å².